The summed E-state index contributed by atoms with van der Waals surface area (Å²) >= 11 is 0. The van der Waals surface area contributed by atoms with Gasteiger partial charge in [0.1, 0.15) is 0 Å². The van der Waals surface area contributed by atoms with Crippen LogP contribution in [0.3, 0.4) is 0 Å². The minimum Gasteiger partial charge on any atom is -0.676 e. The van der Waals surface area contributed by atoms with Crippen LogP contribution in [0.15, 0.2) is 0 Å². The Bertz CT molecular complexity index is 358. The van der Waals surface area contributed by atoms with Crippen molar-refractivity contribution in [2.45, 2.75) is 157 Å². The van der Waals surface area contributed by atoms with Crippen LogP contribution in [-0.2, 0) is 29.1 Å². The molecular formula is C26H54N4O2Ru. The SMILES string of the molecule is CCCC([N-]C(C)C)[N-]C(C)(C)CC.CCCC([N-]C(C)C)[N-]C(C)(C)CC.[CH-]=O.[CH-]=O.[Ru+6]. The van der Waals surface area contributed by atoms with E-state index in [1.165, 1.54) is 0 Å². The van der Waals surface area contributed by atoms with Gasteiger partial charge in [0.15, 0.2) is 0 Å². The Balaban J connectivity index is -0.000000134. The molecule has 0 saturated carbocycles. The van der Waals surface area contributed by atoms with E-state index in [0.29, 0.717) is 12.1 Å². The minimum absolute atomic E-state index is 0. The molecule has 0 rings (SSSR count). The molecule has 0 N–H and O–H groups in total. The topological polar surface area (TPSA) is 90.5 Å². The molecule has 0 amide bonds. The molecule has 0 saturated heterocycles. The summed E-state index contributed by atoms with van der Waals surface area (Å²) in [5, 5.41) is 18.8. The average Bonchev–Trinajstić information content (AvgIpc) is 2.70. The average molecular weight is 556 g/mol. The summed E-state index contributed by atoms with van der Waals surface area (Å²) in [6.45, 7) is 32.5. The van der Waals surface area contributed by atoms with E-state index in [-0.39, 0.29) is 42.9 Å². The van der Waals surface area contributed by atoms with Gasteiger partial charge in [-0.25, -0.2) is 12.3 Å². The van der Waals surface area contributed by atoms with Crippen molar-refractivity contribution in [3.8, 4) is 0 Å². The maximum Gasteiger partial charge on any atom is 6.00 e. The zero-order chi connectivity index (χ0) is 26.4. The van der Waals surface area contributed by atoms with Gasteiger partial charge in [-0.1, -0.05) is 122 Å². The third kappa shape index (κ3) is 31.8. The molecule has 0 aliphatic carbocycles. The maximum absolute atomic E-state index is 7.75. The second kappa shape index (κ2) is 26.4. The molecule has 7 heteroatoms. The Morgan fingerprint density at radius 1 is 0.606 bits per heavy atom. The van der Waals surface area contributed by atoms with E-state index in [1.807, 2.05) is 0 Å². The number of rotatable bonds is 14. The van der Waals surface area contributed by atoms with Crippen molar-refractivity contribution in [1.82, 2.24) is 0 Å². The van der Waals surface area contributed by atoms with Gasteiger partial charge >= 0.3 is 19.5 Å². The minimum atomic E-state index is 0. The zero-order valence-electron chi connectivity index (χ0n) is 23.7. The zero-order valence-corrected chi connectivity index (χ0v) is 25.4. The summed E-state index contributed by atoms with van der Waals surface area (Å²) < 4.78 is 0. The quantitative estimate of drug-likeness (QED) is 0.122. The van der Waals surface area contributed by atoms with Crippen LogP contribution < -0.4 is 0 Å². The fourth-order valence-electron chi connectivity index (χ4n) is 2.54. The van der Waals surface area contributed by atoms with E-state index in [9.17, 15) is 0 Å². The van der Waals surface area contributed by atoms with Gasteiger partial charge in [-0.2, -0.15) is 0 Å². The largest absolute Gasteiger partial charge is 6.00 e. The first-order chi connectivity index (χ1) is 14.8. The molecule has 0 aromatic carbocycles. The standard InChI is InChI=1S/2C12H26N2.2CHO.Ru/c2*1-7-9-11(13-10(3)4)14-12(5,6)8-2;2*1-2;/h2*10-11H,7-9H2,1-6H3;2*1H;/q2*-2;2*-1;+6. The van der Waals surface area contributed by atoms with Crippen LogP contribution >= 0.6 is 0 Å². The first-order valence-corrected chi connectivity index (χ1v) is 12.1. The van der Waals surface area contributed by atoms with Crippen LogP contribution in [0.5, 0.6) is 0 Å². The molecule has 0 spiro atoms. The third-order valence-electron chi connectivity index (χ3n) is 4.76. The number of nitrogens with zero attached hydrogens (tertiary/aromatic N) is 4. The Labute approximate surface area is 220 Å². The van der Waals surface area contributed by atoms with E-state index in [0.717, 1.165) is 38.5 Å². The molecule has 0 aliphatic rings. The van der Waals surface area contributed by atoms with Gasteiger partial charge in [0, 0.05) is 0 Å². The van der Waals surface area contributed by atoms with Crippen molar-refractivity contribution in [3.05, 3.63) is 21.3 Å². The first-order valence-electron chi connectivity index (χ1n) is 12.1. The normalized spacial score (nSPS) is 12.8. The van der Waals surface area contributed by atoms with Crippen LogP contribution in [0.2, 0.25) is 0 Å². The Morgan fingerprint density at radius 3 is 1.00 bits per heavy atom. The summed E-state index contributed by atoms with van der Waals surface area (Å²) in [6.07, 6.45) is 7.06. The van der Waals surface area contributed by atoms with Gasteiger partial charge in [0.25, 0.3) is 0 Å². The van der Waals surface area contributed by atoms with E-state index in [4.69, 9.17) is 20.2 Å². The summed E-state index contributed by atoms with van der Waals surface area (Å²) in [4.78, 5) is 15.5. The van der Waals surface area contributed by atoms with Crippen LogP contribution in [0.4, 0.5) is 0 Å². The molecule has 6 nitrogen and oxygen atoms in total. The predicted octanol–water partition coefficient (Wildman–Crippen LogP) is 8.36. The van der Waals surface area contributed by atoms with Gasteiger partial charge in [0.2, 0.25) is 0 Å². The second-order valence-corrected chi connectivity index (χ2v) is 9.61. The molecule has 0 aromatic heterocycles. The first kappa shape index (κ1) is 42.9. The third-order valence-corrected chi connectivity index (χ3v) is 4.76. The van der Waals surface area contributed by atoms with Crippen molar-refractivity contribution in [1.29, 1.82) is 0 Å². The van der Waals surface area contributed by atoms with Crippen LogP contribution in [-0.4, -0.2) is 49.1 Å². The van der Waals surface area contributed by atoms with Crippen molar-refractivity contribution in [2.75, 3.05) is 0 Å². The number of carbonyl (C=O) groups excluding carboxylic acids is 2. The van der Waals surface area contributed by atoms with Crippen molar-refractivity contribution >= 4 is 13.6 Å². The molecule has 0 radical (unpaired) electrons. The molecule has 2 atom stereocenters. The van der Waals surface area contributed by atoms with Gasteiger partial charge in [0.05, 0.1) is 0 Å². The molecule has 0 aliphatic heterocycles. The van der Waals surface area contributed by atoms with Crippen LogP contribution in [0.25, 0.3) is 21.3 Å². The smallest absolute Gasteiger partial charge is 0.676 e. The summed E-state index contributed by atoms with van der Waals surface area (Å²) in [5.41, 5.74) is 0.163. The summed E-state index contributed by atoms with van der Waals surface area (Å²) in [7, 11) is 0. The molecule has 2 unspecified atom stereocenters. The van der Waals surface area contributed by atoms with E-state index < -0.39 is 0 Å². The Kier molecular flexibility index (Phi) is 34.3. The van der Waals surface area contributed by atoms with Gasteiger partial charge < -0.3 is 30.9 Å². The van der Waals surface area contributed by atoms with E-state index >= 15 is 0 Å². The molecule has 198 valence electrons. The summed E-state index contributed by atoms with van der Waals surface area (Å²) in [5.74, 6) is 0. The molecule has 0 heterocycles. The number of hydrogen-bond donors (Lipinski definition) is 0. The van der Waals surface area contributed by atoms with Gasteiger partial charge in [-0.05, 0) is 0 Å². The fraction of sp³-hybridized carbons (Fsp3) is 0.923. The van der Waals surface area contributed by atoms with Crippen molar-refractivity contribution in [2.24, 2.45) is 0 Å². The Morgan fingerprint density at radius 2 is 0.848 bits per heavy atom. The van der Waals surface area contributed by atoms with Gasteiger partial charge in [-0.3, -0.25) is 13.6 Å². The molecule has 33 heavy (non-hydrogen) atoms. The van der Waals surface area contributed by atoms with Crippen molar-refractivity contribution in [3.63, 3.8) is 0 Å². The Hall–Kier alpha value is -0.197. The second-order valence-electron chi connectivity index (χ2n) is 9.61. The molecule has 0 fully saturated rings. The molecule has 0 bridgehead atoms. The molecule has 0 aromatic rings. The van der Waals surface area contributed by atoms with Crippen molar-refractivity contribution < 1.29 is 29.1 Å². The van der Waals surface area contributed by atoms with Gasteiger partial charge in [-0.15, -0.1) is 23.2 Å². The monoisotopic (exact) mass is 556 g/mol. The van der Waals surface area contributed by atoms with E-state index in [2.05, 4.69) is 107 Å². The number of hydrogen-bond acceptors (Lipinski definition) is 2. The molecular weight excluding hydrogens is 501 g/mol. The maximum atomic E-state index is 7.75. The fourth-order valence-corrected chi connectivity index (χ4v) is 2.54. The van der Waals surface area contributed by atoms with E-state index in [1.54, 1.807) is 0 Å². The van der Waals surface area contributed by atoms with Crippen LogP contribution in [0.1, 0.15) is 122 Å². The van der Waals surface area contributed by atoms with Crippen LogP contribution in [0, 0.1) is 0 Å². The predicted molar refractivity (Wildman–Crippen MR) is 143 cm³/mol. The summed E-state index contributed by atoms with van der Waals surface area (Å²) in [6, 6.07) is 0.783.